The smallest absolute Gasteiger partial charge is 0.276 e. The minimum Gasteiger partial charge on any atom is -0.483 e. The summed E-state index contributed by atoms with van der Waals surface area (Å²) >= 11 is 0. The number of sulfone groups is 1. The summed E-state index contributed by atoms with van der Waals surface area (Å²) in [5.41, 5.74) is 6.33. The zero-order valence-electron chi connectivity index (χ0n) is 14.6. The van der Waals surface area contributed by atoms with Gasteiger partial charge in [-0.25, -0.2) is 8.42 Å². The van der Waals surface area contributed by atoms with Gasteiger partial charge in [-0.05, 0) is 18.1 Å². The minimum atomic E-state index is -3.15. The third kappa shape index (κ3) is 5.07. The van der Waals surface area contributed by atoms with Crippen molar-refractivity contribution in [3.8, 4) is 16.9 Å². The molecular formula is C19H20N2O5S. The SMILES string of the molecule is O=C(COc1ccccc1-c1ccccc1)NNC(=O)[C@@H]1CCS(=O)(=O)C1. The topological polar surface area (TPSA) is 102 Å². The fourth-order valence-corrected chi connectivity index (χ4v) is 4.60. The van der Waals surface area contributed by atoms with Crippen LogP contribution in [-0.2, 0) is 19.4 Å². The third-order valence-electron chi connectivity index (χ3n) is 4.26. The maximum atomic E-state index is 11.9. The summed E-state index contributed by atoms with van der Waals surface area (Å²) in [5, 5.41) is 0. The predicted octanol–water partition coefficient (Wildman–Crippen LogP) is 1.31. The predicted molar refractivity (Wildman–Crippen MR) is 100 cm³/mol. The fraction of sp³-hybridized carbons (Fsp3) is 0.263. The third-order valence-corrected chi connectivity index (χ3v) is 6.03. The normalized spacial score (nSPS) is 17.9. The van der Waals surface area contributed by atoms with E-state index in [0.29, 0.717) is 5.75 Å². The second kappa shape index (κ2) is 8.22. The van der Waals surface area contributed by atoms with Gasteiger partial charge in [0.05, 0.1) is 17.4 Å². The van der Waals surface area contributed by atoms with Crippen molar-refractivity contribution in [2.24, 2.45) is 5.92 Å². The van der Waals surface area contributed by atoms with E-state index in [1.165, 1.54) is 0 Å². The number of amides is 2. The summed E-state index contributed by atoms with van der Waals surface area (Å²) in [6, 6.07) is 17.0. The number of hydrazine groups is 1. The molecule has 1 fully saturated rings. The van der Waals surface area contributed by atoms with Crippen molar-refractivity contribution in [3.63, 3.8) is 0 Å². The highest BCUT2D eigenvalue weighted by Gasteiger charge is 2.33. The largest absolute Gasteiger partial charge is 0.483 e. The molecule has 2 aromatic rings. The Balaban J connectivity index is 1.52. The van der Waals surface area contributed by atoms with Gasteiger partial charge in [-0.3, -0.25) is 20.4 Å². The Kier molecular flexibility index (Phi) is 5.75. The van der Waals surface area contributed by atoms with Gasteiger partial charge in [-0.15, -0.1) is 0 Å². The zero-order chi connectivity index (χ0) is 19.3. The van der Waals surface area contributed by atoms with Crippen molar-refractivity contribution in [1.29, 1.82) is 0 Å². The number of hydrogen-bond acceptors (Lipinski definition) is 5. The van der Waals surface area contributed by atoms with Gasteiger partial charge in [0, 0.05) is 5.56 Å². The van der Waals surface area contributed by atoms with Crippen molar-refractivity contribution >= 4 is 21.7 Å². The lowest BCUT2D eigenvalue weighted by Crippen LogP contribution is -2.46. The molecule has 0 aliphatic carbocycles. The van der Waals surface area contributed by atoms with Gasteiger partial charge in [0.1, 0.15) is 5.75 Å². The minimum absolute atomic E-state index is 0.00157. The fourth-order valence-electron chi connectivity index (χ4n) is 2.86. The Labute approximate surface area is 157 Å². The molecule has 1 atom stereocenters. The number of ether oxygens (including phenoxy) is 1. The molecule has 0 radical (unpaired) electrons. The van der Waals surface area contributed by atoms with Gasteiger partial charge in [-0.2, -0.15) is 0 Å². The molecule has 142 valence electrons. The van der Waals surface area contributed by atoms with Crippen molar-refractivity contribution in [1.82, 2.24) is 10.9 Å². The Morgan fingerprint density at radius 3 is 2.41 bits per heavy atom. The standard InChI is InChI=1S/C19H20N2O5S/c22-18(20-21-19(23)15-10-11-27(24,25)13-15)12-26-17-9-5-4-8-16(17)14-6-2-1-3-7-14/h1-9,15H,10-13H2,(H,20,22)(H,21,23)/t15-/m1/s1. The highest BCUT2D eigenvalue weighted by atomic mass is 32.2. The maximum Gasteiger partial charge on any atom is 0.276 e. The van der Waals surface area contributed by atoms with E-state index in [1.807, 2.05) is 48.5 Å². The Morgan fingerprint density at radius 2 is 1.70 bits per heavy atom. The maximum absolute atomic E-state index is 11.9. The molecule has 0 spiro atoms. The van der Waals surface area contributed by atoms with E-state index in [0.717, 1.165) is 11.1 Å². The van der Waals surface area contributed by atoms with E-state index in [2.05, 4.69) is 10.9 Å². The first-order chi connectivity index (χ1) is 12.9. The monoisotopic (exact) mass is 388 g/mol. The summed E-state index contributed by atoms with van der Waals surface area (Å²) in [5.74, 6) is -1.31. The molecule has 27 heavy (non-hydrogen) atoms. The van der Waals surface area contributed by atoms with Crippen molar-refractivity contribution in [3.05, 3.63) is 54.6 Å². The van der Waals surface area contributed by atoms with E-state index in [-0.39, 0.29) is 24.5 Å². The van der Waals surface area contributed by atoms with Crippen LogP contribution in [0.4, 0.5) is 0 Å². The van der Waals surface area contributed by atoms with Gasteiger partial charge in [-0.1, -0.05) is 48.5 Å². The van der Waals surface area contributed by atoms with Crippen molar-refractivity contribution in [2.75, 3.05) is 18.1 Å². The van der Waals surface area contributed by atoms with E-state index < -0.39 is 27.6 Å². The number of hydrogen-bond donors (Lipinski definition) is 2. The van der Waals surface area contributed by atoms with Crippen LogP contribution >= 0.6 is 0 Å². The average Bonchev–Trinajstić information content (AvgIpc) is 3.05. The van der Waals surface area contributed by atoms with Crippen LogP contribution in [0.3, 0.4) is 0 Å². The van der Waals surface area contributed by atoms with Gasteiger partial charge >= 0.3 is 0 Å². The molecule has 0 bridgehead atoms. The van der Waals surface area contributed by atoms with Crippen LogP contribution in [0, 0.1) is 5.92 Å². The van der Waals surface area contributed by atoms with Gasteiger partial charge in [0.15, 0.2) is 16.4 Å². The molecule has 1 heterocycles. The summed E-state index contributed by atoms with van der Waals surface area (Å²) in [4.78, 5) is 23.9. The van der Waals surface area contributed by atoms with Crippen molar-refractivity contribution in [2.45, 2.75) is 6.42 Å². The highest BCUT2D eigenvalue weighted by molar-refractivity contribution is 7.91. The first-order valence-electron chi connectivity index (χ1n) is 8.51. The molecule has 8 heteroatoms. The van der Waals surface area contributed by atoms with E-state index >= 15 is 0 Å². The quantitative estimate of drug-likeness (QED) is 0.752. The first-order valence-corrected chi connectivity index (χ1v) is 10.3. The molecule has 2 N–H and O–H groups in total. The van der Waals surface area contributed by atoms with Gasteiger partial charge in [0.2, 0.25) is 5.91 Å². The molecule has 0 saturated carbocycles. The second-order valence-corrected chi connectivity index (χ2v) is 8.52. The molecule has 0 unspecified atom stereocenters. The Bertz CT molecular complexity index is 928. The lowest BCUT2D eigenvalue weighted by Gasteiger charge is -2.13. The number of benzene rings is 2. The molecule has 7 nitrogen and oxygen atoms in total. The van der Waals surface area contributed by atoms with Crippen LogP contribution in [0.5, 0.6) is 5.75 Å². The molecule has 0 aromatic heterocycles. The molecular weight excluding hydrogens is 368 g/mol. The van der Waals surface area contributed by atoms with Crippen LogP contribution in [0.1, 0.15) is 6.42 Å². The summed E-state index contributed by atoms with van der Waals surface area (Å²) in [6.07, 6.45) is 0.269. The van der Waals surface area contributed by atoms with Crippen LogP contribution in [0.25, 0.3) is 11.1 Å². The number of carbonyl (C=O) groups excluding carboxylic acids is 2. The zero-order valence-corrected chi connectivity index (χ0v) is 15.4. The number of carbonyl (C=O) groups is 2. The summed E-state index contributed by atoms with van der Waals surface area (Å²) in [6.45, 7) is -0.285. The van der Waals surface area contributed by atoms with Gasteiger partial charge in [0.25, 0.3) is 5.91 Å². The van der Waals surface area contributed by atoms with Crippen LogP contribution < -0.4 is 15.6 Å². The first kappa shape index (κ1) is 18.9. The summed E-state index contributed by atoms with van der Waals surface area (Å²) < 4.78 is 28.4. The van der Waals surface area contributed by atoms with Gasteiger partial charge < -0.3 is 4.74 Å². The lowest BCUT2D eigenvalue weighted by atomic mass is 10.1. The average molecular weight is 388 g/mol. The van der Waals surface area contributed by atoms with Crippen LogP contribution in [-0.4, -0.2) is 38.3 Å². The molecule has 2 amide bonds. The summed E-state index contributed by atoms with van der Waals surface area (Å²) in [7, 11) is -3.15. The number of para-hydroxylation sites is 1. The second-order valence-electron chi connectivity index (χ2n) is 6.29. The Hall–Kier alpha value is -2.87. The molecule has 2 aromatic carbocycles. The lowest BCUT2D eigenvalue weighted by molar-refractivity contribution is -0.131. The molecule has 1 aliphatic heterocycles. The highest BCUT2D eigenvalue weighted by Crippen LogP contribution is 2.29. The van der Waals surface area contributed by atoms with E-state index in [4.69, 9.17) is 4.74 Å². The molecule has 1 saturated heterocycles. The number of nitrogens with one attached hydrogen (secondary N) is 2. The van der Waals surface area contributed by atoms with E-state index in [9.17, 15) is 18.0 Å². The van der Waals surface area contributed by atoms with Crippen molar-refractivity contribution < 1.29 is 22.7 Å². The van der Waals surface area contributed by atoms with Crippen LogP contribution in [0.2, 0.25) is 0 Å². The van der Waals surface area contributed by atoms with E-state index in [1.54, 1.807) is 6.07 Å². The van der Waals surface area contributed by atoms with Crippen LogP contribution in [0.15, 0.2) is 54.6 Å². The number of rotatable bonds is 5. The Morgan fingerprint density at radius 1 is 1.00 bits per heavy atom. The molecule has 1 aliphatic rings. The molecule has 3 rings (SSSR count).